The van der Waals surface area contributed by atoms with Crippen molar-refractivity contribution in [2.75, 3.05) is 41.3 Å². The minimum atomic E-state index is 0.0648. The molecule has 142 valence electrons. The largest absolute Gasteiger partial charge is 0.369 e. The molecule has 0 spiro atoms. The Labute approximate surface area is 160 Å². The maximum atomic E-state index is 12.5. The Morgan fingerprint density at radius 1 is 0.889 bits per heavy atom. The summed E-state index contributed by atoms with van der Waals surface area (Å²) < 4.78 is 0. The number of hydrogen-bond donors (Lipinski definition) is 1. The van der Waals surface area contributed by atoms with Crippen LogP contribution in [0.2, 0.25) is 0 Å². The number of nitrogens with one attached hydrogen (secondary N) is 1. The normalized spacial score (nSPS) is 18.4. The summed E-state index contributed by atoms with van der Waals surface area (Å²) in [6.45, 7) is 3.83. The standard InChI is InChI=1S/C21H27N5O/c27-20(24-18-7-3-1-4-8-18)17-9-13-25(14-10-17)19-15-22-21(23-16-19)26-11-5-2-6-12-26/h1,3-4,7-8,15-17H,2,5-6,9-14H2,(H,24,27). The second kappa shape index (κ2) is 8.37. The lowest BCUT2D eigenvalue weighted by Gasteiger charge is -2.33. The van der Waals surface area contributed by atoms with Crippen molar-refractivity contribution in [1.82, 2.24) is 9.97 Å². The van der Waals surface area contributed by atoms with Crippen LogP contribution in [-0.4, -0.2) is 42.1 Å². The molecule has 2 saturated heterocycles. The van der Waals surface area contributed by atoms with E-state index in [0.29, 0.717) is 0 Å². The number of piperidine rings is 2. The molecule has 0 unspecified atom stereocenters. The lowest BCUT2D eigenvalue weighted by molar-refractivity contribution is -0.120. The number of amides is 1. The molecular weight excluding hydrogens is 338 g/mol. The number of aromatic nitrogens is 2. The van der Waals surface area contributed by atoms with E-state index in [1.165, 1.54) is 19.3 Å². The molecule has 0 atom stereocenters. The molecule has 2 aliphatic rings. The Bertz CT molecular complexity index is 735. The van der Waals surface area contributed by atoms with Crippen molar-refractivity contribution < 1.29 is 4.79 Å². The summed E-state index contributed by atoms with van der Waals surface area (Å²) in [5.41, 5.74) is 1.92. The molecule has 0 saturated carbocycles. The fraction of sp³-hybridized carbons (Fsp3) is 0.476. The molecule has 4 rings (SSSR count). The van der Waals surface area contributed by atoms with E-state index in [-0.39, 0.29) is 11.8 Å². The van der Waals surface area contributed by atoms with Gasteiger partial charge in [-0.15, -0.1) is 0 Å². The maximum absolute atomic E-state index is 12.5. The van der Waals surface area contributed by atoms with Gasteiger partial charge in [0.15, 0.2) is 0 Å². The molecule has 0 aliphatic carbocycles. The van der Waals surface area contributed by atoms with Gasteiger partial charge in [-0.2, -0.15) is 0 Å². The molecule has 0 bridgehead atoms. The monoisotopic (exact) mass is 365 g/mol. The highest BCUT2D eigenvalue weighted by Crippen LogP contribution is 2.24. The van der Waals surface area contributed by atoms with Gasteiger partial charge in [0.2, 0.25) is 11.9 Å². The molecular formula is C21H27N5O. The smallest absolute Gasteiger partial charge is 0.227 e. The quantitative estimate of drug-likeness (QED) is 0.901. The molecule has 2 aliphatic heterocycles. The van der Waals surface area contributed by atoms with Gasteiger partial charge in [0.1, 0.15) is 0 Å². The van der Waals surface area contributed by atoms with E-state index in [9.17, 15) is 4.79 Å². The number of anilines is 3. The molecule has 6 nitrogen and oxygen atoms in total. The highest BCUT2D eigenvalue weighted by Gasteiger charge is 2.25. The van der Waals surface area contributed by atoms with Crippen molar-refractivity contribution in [3.8, 4) is 0 Å². The van der Waals surface area contributed by atoms with Crippen molar-refractivity contribution in [2.45, 2.75) is 32.1 Å². The van der Waals surface area contributed by atoms with Crippen molar-refractivity contribution in [3.05, 3.63) is 42.7 Å². The highest BCUT2D eigenvalue weighted by molar-refractivity contribution is 5.92. The molecule has 0 radical (unpaired) electrons. The van der Waals surface area contributed by atoms with Crippen LogP contribution >= 0.6 is 0 Å². The second-order valence-electron chi connectivity index (χ2n) is 7.41. The molecule has 1 N–H and O–H groups in total. The van der Waals surface area contributed by atoms with E-state index in [1.54, 1.807) is 0 Å². The number of rotatable bonds is 4. The van der Waals surface area contributed by atoms with Crippen LogP contribution in [0.25, 0.3) is 0 Å². The van der Waals surface area contributed by atoms with E-state index in [0.717, 1.165) is 56.3 Å². The average molecular weight is 365 g/mol. The van der Waals surface area contributed by atoms with E-state index in [2.05, 4.69) is 25.1 Å². The van der Waals surface area contributed by atoms with Crippen LogP contribution in [0.3, 0.4) is 0 Å². The van der Waals surface area contributed by atoms with Gasteiger partial charge in [-0.3, -0.25) is 4.79 Å². The Morgan fingerprint density at radius 2 is 1.56 bits per heavy atom. The SMILES string of the molecule is O=C(Nc1ccccc1)C1CCN(c2cnc(N3CCCCC3)nc2)CC1. The van der Waals surface area contributed by atoms with Gasteiger partial charge < -0.3 is 15.1 Å². The maximum Gasteiger partial charge on any atom is 0.227 e. The second-order valence-corrected chi connectivity index (χ2v) is 7.41. The lowest BCUT2D eigenvalue weighted by Crippen LogP contribution is -2.38. The van der Waals surface area contributed by atoms with Gasteiger partial charge in [-0.05, 0) is 44.2 Å². The first-order valence-corrected chi connectivity index (χ1v) is 9.97. The molecule has 1 aromatic carbocycles. The van der Waals surface area contributed by atoms with Crippen LogP contribution in [0, 0.1) is 5.92 Å². The van der Waals surface area contributed by atoms with Gasteiger partial charge in [0.25, 0.3) is 0 Å². The third-order valence-electron chi connectivity index (χ3n) is 5.54. The number of carbonyl (C=O) groups excluding carboxylic acids is 1. The third kappa shape index (κ3) is 4.38. The summed E-state index contributed by atoms with van der Waals surface area (Å²) in [6, 6.07) is 9.67. The first-order chi connectivity index (χ1) is 13.3. The Balaban J connectivity index is 1.30. The van der Waals surface area contributed by atoms with Gasteiger partial charge in [-0.25, -0.2) is 9.97 Å². The van der Waals surface area contributed by atoms with Gasteiger partial charge in [-0.1, -0.05) is 18.2 Å². The van der Waals surface area contributed by atoms with E-state index in [4.69, 9.17) is 0 Å². The first-order valence-electron chi connectivity index (χ1n) is 9.97. The summed E-state index contributed by atoms with van der Waals surface area (Å²) in [6.07, 6.45) is 9.33. The average Bonchev–Trinajstić information content (AvgIpc) is 2.75. The summed E-state index contributed by atoms with van der Waals surface area (Å²) in [5, 5.41) is 3.02. The number of para-hydroxylation sites is 1. The van der Waals surface area contributed by atoms with E-state index >= 15 is 0 Å². The summed E-state index contributed by atoms with van der Waals surface area (Å²) >= 11 is 0. The summed E-state index contributed by atoms with van der Waals surface area (Å²) in [5.74, 6) is 1.03. The molecule has 2 aromatic rings. The molecule has 27 heavy (non-hydrogen) atoms. The zero-order chi connectivity index (χ0) is 18.5. The van der Waals surface area contributed by atoms with E-state index < -0.39 is 0 Å². The van der Waals surface area contributed by atoms with Crippen molar-refractivity contribution in [3.63, 3.8) is 0 Å². The van der Waals surface area contributed by atoms with Crippen LogP contribution in [0.1, 0.15) is 32.1 Å². The zero-order valence-corrected chi connectivity index (χ0v) is 15.7. The zero-order valence-electron chi connectivity index (χ0n) is 15.7. The fourth-order valence-electron chi connectivity index (χ4n) is 3.90. The number of carbonyl (C=O) groups is 1. The Kier molecular flexibility index (Phi) is 5.51. The Morgan fingerprint density at radius 3 is 2.22 bits per heavy atom. The number of hydrogen-bond acceptors (Lipinski definition) is 5. The van der Waals surface area contributed by atoms with Crippen molar-refractivity contribution in [1.29, 1.82) is 0 Å². The highest BCUT2D eigenvalue weighted by atomic mass is 16.1. The summed E-state index contributed by atoms with van der Waals surface area (Å²) in [4.78, 5) is 26.2. The Hall–Kier alpha value is -2.63. The van der Waals surface area contributed by atoms with Crippen molar-refractivity contribution in [2.24, 2.45) is 5.92 Å². The predicted molar refractivity (Wildman–Crippen MR) is 108 cm³/mol. The van der Waals surface area contributed by atoms with Gasteiger partial charge in [0, 0.05) is 37.8 Å². The number of benzene rings is 1. The third-order valence-corrected chi connectivity index (χ3v) is 5.54. The van der Waals surface area contributed by atoms with Crippen LogP contribution < -0.4 is 15.1 Å². The van der Waals surface area contributed by atoms with Crippen LogP contribution in [0.15, 0.2) is 42.7 Å². The van der Waals surface area contributed by atoms with E-state index in [1.807, 2.05) is 42.7 Å². The molecule has 3 heterocycles. The minimum absolute atomic E-state index is 0.0648. The van der Waals surface area contributed by atoms with Crippen LogP contribution in [0.5, 0.6) is 0 Å². The molecule has 1 amide bonds. The van der Waals surface area contributed by atoms with Gasteiger partial charge in [0.05, 0.1) is 18.1 Å². The first kappa shape index (κ1) is 17.8. The molecule has 2 fully saturated rings. The minimum Gasteiger partial charge on any atom is -0.369 e. The molecule has 1 aromatic heterocycles. The molecule has 6 heteroatoms. The lowest BCUT2D eigenvalue weighted by atomic mass is 9.95. The van der Waals surface area contributed by atoms with Gasteiger partial charge >= 0.3 is 0 Å². The van der Waals surface area contributed by atoms with Crippen LogP contribution in [-0.2, 0) is 4.79 Å². The topological polar surface area (TPSA) is 61.4 Å². The van der Waals surface area contributed by atoms with Crippen LogP contribution in [0.4, 0.5) is 17.3 Å². The van der Waals surface area contributed by atoms with Crippen molar-refractivity contribution >= 4 is 23.2 Å². The predicted octanol–water partition coefficient (Wildman–Crippen LogP) is 3.32. The summed E-state index contributed by atoms with van der Waals surface area (Å²) in [7, 11) is 0. The number of nitrogens with zero attached hydrogens (tertiary/aromatic N) is 4. The fourth-order valence-corrected chi connectivity index (χ4v) is 3.90.